The zero-order chi connectivity index (χ0) is 12.6. The summed E-state index contributed by atoms with van der Waals surface area (Å²) in [6.45, 7) is 3.48. The normalized spacial score (nSPS) is 15.5. The maximum Gasteiger partial charge on any atom is 0.456 e. The summed E-state index contributed by atoms with van der Waals surface area (Å²) in [7, 11) is 0. The Hall–Kier alpha value is -1.52. The number of hydrogen-bond acceptors (Lipinski definition) is 1. The van der Waals surface area contributed by atoms with Gasteiger partial charge in [-0.05, 0) is 37.3 Å². The summed E-state index contributed by atoms with van der Waals surface area (Å²) in [5.41, 5.74) is 1.31. The van der Waals surface area contributed by atoms with Crippen LogP contribution in [0.4, 0.5) is 13.2 Å². The minimum atomic E-state index is -4.83. The van der Waals surface area contributed by atoms with Crippen LogP contribution in [0, 0.1) is 0 Å². The van der Waals surface area contributed by atoms with Crippen molar-refractivity contribution in [1.29, 1.82) is 0 Å². The monoisotopic (exact) mass is 243 g/mol. The first-order valence-corrected chi connectivity index (χ1v) is 5.42. The first kappa shape index (κ1) is 12.0. The van der Waals surface area contributed by atoms with Crippen LogP contribution in [0.2, 0.25) is 0 Å². The highest BCUT2D eigenvalue weighted by atomic mass is 19.4. The number of halogens is 3. The fraction of sp³-hybridized carbons (Fsp3) is 0.417. The molecule has 0 amide bonds. The smallest absolute Gasteiger partial charge is 0.318 e. The van der Waals surface area contributed by atoms with E-state index in [1.165, 1.54) is 16.8 Å². The van der Waals surface area contributed by atoms with Gasteiger partial charge < -0.3 is 4.57 Å². The van der Waals surface area contributed by atoms with Gasteiger partial charge in [0.05, 0.1) is 5.69 Å². The van der Waals surface area contributed by atoms with Gasteiger partial charge >= 0.3 is 6.18 Å². The second-order valence-corrected chi connectivity index (χ2v) is 4.09. The lowest BCUT2D eigenvalue weighted by molar-refractivity contribution is -0.0889. The second kappa shape index (κ2) is 4.05. The average molecular weight is 243 g/mol. The lowest BCUT2D eigenvalue weighted by Crippen LogP contribution is -2.24. The molecular weight excluding hydrogens is 231 g/mol. The molecule has 0 unspecified atom stereocenters. The highest BCUT2D eigenvalue weighted by molar-refractivity contribution is 6.00. The summed E-state index contributed by atoms with van der Waals surface area (Å²) < 4.78 is 38.5. The Balaban J connectivity index is 2.51. The molecule has 2 nitrogen and oxygen atoms in total. The molecule has 0 aliphatic heterocycles. The number of rotatable bonds is 2. The molecule has 0 spiro atoms. The van der Waals surface area contributed by atoms with E-state index in [-0.39, 0.29) is 5.69 Å². The van der Waals surface area contributed by atoms with Gasteiger partial charge in [0.15, 0.2) is 0 Å². The first-order valence-electron chi connectivity index (χ1n) is 5.42. The topological polar surface area (TPSA) is 22.0 Å². The van der Waals surface area contributed by atoms with Crippen molar-refractivity contribution in [3.05, 3.63) is 29.6 Å². The Kier molecular flexibility index (Phi) is 2.85. The van der Waals surface area contributed by atoms with E-state index in [9.17, 15) is 18.0 Å². The molecule has 1 aliphatic rings. The van der Waals surface area contributed by atoms with Crippen LogP contribution in [0.3, 0.4) is 0 Å². The third-order valence-electron chi connectivity index (χ3n) is 3.01. The quantitative estimate of drug-likeness (QED) is 0.731. The molecule has 2 rings (SSSR count). The van der Waals surface area contributed by atoms with Crippen molar-refractivity contribution < 1.29 is 18.0 Å². The number of aryl methyl sites for hydroxylation is 1. The van der Waals surface area contributed by atoms with E-state index in [1.807, 2.05) is 0 Å². The van der Waals surface area contributed by atoms with Crippen LogP contribution < -0.4 is 0 Å². The first-order chi connectivity index (χ1) is 7.95. The molecule has 1 aromatic heterocycles. The maximum atomic E-state index is 12.4. The molecule has 1 aromatic rings. The van der Waals surface area contributed by atoms with Gasteiger partial charge in [-0.1, -0.05) is 6.58 Å². The van der Waals surface area contributed by atoms with Gasteiger partial charge in [-0.2, -0.15) is 13.2 Å². The molecule has 0 saturated carbocycles. The summed E-state index contributed by atoms with van der Waals surface area (Å²) in [5, 5.41) is 0. The summed E-state index contributed by atoms with van der Waals surface area (Å²) in [5.74, 6) is -1.80. The number of hydrogen-bond donors (Lipinski definition) is 0. The molecule has 0 aromatic carbocycles. The molecule has 0 atom stereocenters. The summed E-state index contributed by atoms with van der Waals surface area (Å²) in [6, 6.07) is 1.35. The molecule has 92 valence electrons. The highest BCUT2D eigenvalue weighted by Gasteiger charge is 2.41. The minimum Gasteiger partial charge on any atom is -0.318 e. The van der Waals surface area contributed by atoms with Crippen LogP contribution in [0.5, 0.6) is 0 Å². The second-order valence-electron chi connectivity index (χ2n) is 4.09. The predicted octanol–water partition coefficient (Wildman–Crippen LogP) is 3.21. The van der Waals surface area contributed by atoms with E-state index >= 15 is 0 Å². The molecular formula is C12H12F3NO. The Morgan fingerprint density at radius 3 is 2.59 bits per heavy atom. The Labute approximate surface area is 96.7 Å². The standard InChI is InChI=1S/C12H12F3NO/c1-2-16-9-6-4-3-5-8(9)7-10(16)11(17)12(13,14)15/h2,7H,1,3-6H2. The van der Waals surface area contributed by atoms with Crippen molar-refractivity contribution in [2.75, 3.05) is 0 Å². The zero-order valence-corrected chi connectivity index (χ0v) is 9.18. The minimum absolute atomic E-state index is 0.320. The number of Topliss-reactive ketones (excluding diaryl/α,β-unsaturated/α-hetero) is 1. The Bertz CT molecular complexity index is 471. The van der Waals surface area contributed by atoms with Crippen LogP contribution in [0.15, 0.2) is 12.6 Å². The maximum absolute atomic E-state index is 12.4. The summed E-state index contributed by atoms with van der Waals surface area (Å²) in [6.07, 6.45) is -0.232. The van der Waals surface area contributed by atoms with E-state index < -0.39 is 12.0 Å². The number of nitrogens with zero attached hydrogens (tertiary/aromatic N) is 1. The summed E-state index contributed by atoms with van der Waals surface area (Å²) in [4.78, 5) is 11.3. The van der Waals surface area contributed by atoms with Gasteiger partial charge in [-0.15, -0.1) is 0 Å². The van der Waals surface area contributed by atoms with E-state index in [4.69, 9.17) is 0 Å². The number of carbonyl (C=O) groups excluding carboxylic acids is 1. The van der Waals surface area contributed by atoms with Crippen LogP contribution in [0.25, 0.3) is 6.20 Å². The lowest BCUT2D eigenvalue weighted by Gasteiger charge is -2.13. The zero-order valence-electron chi connectivity index (χ0n) is 9.18. The molecule has 0 fully saturated rings. The fourth-order valence-electron chi connectivity index (χ4n) is 2.25. The van der Waals surface area contributed by atoms with Gasteiger partial charge in [-0.25, -0.2) is 0 Å². The van der Waals surface area contributed by atoms with Crippen LogP contribution >= 0.6 is 0 Å². The summed E-state index contributed by atoms with van der Waals surface area (Å²) >= 11 is 0. The van der Waals surface area contributed by atoms with Crippen molar-refractivity contribution in [3.8, 4) is 0 Å². The third kappa shape index (κ3) is 2.01. The average Bonchev–Trinajstić information content (AvgIpc) is 2.64. The number of alkyl halides is 3. The number of fused-ring (bicyclic) bond motifs is 1. The fourth-order valence-corrected chi connectivity index (χ4v) is 2.25. The lowest BCUT2D eigenvalue weighted by atomic mass is 9.98. The van der Waals surface area contributed by atoms with Crippen LogP contribution in [-0.2, 0) is 12.8 Å². The molecule has 0 N–H and O–H groups in total. The van der Waals surface area contributed by atoms with Gasteiger partial charge in [0.2, 0.25) is 0 Å². The van der Waals surface area contributed by atoms with Crippen molar-refractivity contribution in [2.24, 2.45) is 0 Å². The molecule has 5 heteroatoms. The van der Waals surface area contributed by atoms with Gasteiger partial charge in [-0.3, -0.25) is 4.79 Å². The molecule has 0 saturated heterocycles. The van der Waals surface area contributed by atoms with E-state index in [1.54, 1.807) is 0 Å². The molecule has 1 aliphatic carbocycles. The van der Waals surface area contributed by atoms with Gasteiger partial charge in [0, 0.05) is 11.9 Å². The highest BCUT2D eigenvalue weighted by Crippen LogP contribution is 2.29. The van der Waals surface area contributed by atoms with Gasteiger partial charge in [0.25, 0.3) is 5.78 Å². The largest absolute Gasteiger partial charge is 0.456 e. The Morgan fingerprint density at radius 2 is 2.00 bits per heavy atom. The van der Waals surface area contributed by atoms with Crippen molar-refractivity contribution in [3.63, 3.8) is 0 Å². The third-order valence-corrected chi connectivity index (χ3v) is 3.01. The molecule has 0 radical (unpaired) electrons. The van der Waals surface area contributed by atoms with Crippen LogP contribution in [-0.4, -0.2) is 16.5 Å². The predicted molar refractivity (Wildman–Crippen MR) is 57.8 cm³/mol. The molecule has 1 heterocycles. The number of carbonyl (C=O) groups is 1. The SMILES string of the molecule is C=Cn1c(C(=O)C(F)(F)F)cc2c1CCCC2. The van der Waals surface area contributed by atoms with Crippen molar-refractivity contribution in [2.45, 2.75) is 31.9 Å². The molecule has 0 bridgehead atoms. The van der Waals surface area contributed by atoms with E-state index in [2.05, 4.69) is 6.58 Å². The van der Waals surface area contributed by atoms with Crippen molar-refractivity contribution >= 4 is 12.0 Å². The van der Waals surface area contributed by atoms with Crippen LogP contribution in [0.1, 0.15) is 34.6 Å². The molecule has 17 heavy (non-hydrogen) atoms. The number of aromatic nitrogens is 1. The van der Waals surface area contributed by atoms with E-state index in [0.29, 0.717) is 6.42 Å². The van der Waals surface area contributed by atoms with Gasteiger partial charge in [0.1, 0.15) is 0 Å². The van der Waals surface area contributed by atoms with Crippen molar-refractivity contribution in [1.82, 2.24) is 4.57 Å². The number of ketones is 1. The Morgan fingerprint density at radius 1 is 1.35 bits per heavy atom. The van der Waals surface area contributed by atoms with E-state index in [0.717, 1.165) is 30.5 Å².